The molecule has 0 bridgehead atoms. The van der Waals surface area contributed by atoms with Gasteiger partial charge in [-0.15, -0.1) is 23.1 Å². The summed E-state index contributed by atoms with van der Waals surface area (Å²) in [5.41, 5.74) is 6.20. The maximum absolute atomic E-state index is 13.2. The Labute approximate surface area is 212 Å². The molecule has 1 aliphatic carbocycles. The van der Waals surface area contributed by atoms with E-state index in [4.69, 9.17) is 5.73 Å². The Morgan fingerprint density at radius 2 is 2.00 bits per heavy atom. The van der Waals surface area contributed by atoms with Crippen molar-refractivity contribution in [3.05, 3.63) is 46.7 Å². The van der Waals surface area contributed by atoms with Gasteiger partial charge < -0.3 is 26.6 Å². The monoisotopic (exact) mass is 515 g/mol. The highest BCUT2D eigenvalue weighted by Crippen LogP contribution is 2.34. The van der Waals surface area contributed by atoms with Gasteiger partial charge in [0.25, 0.3) is 0 Å². The normalized spacial score (nSPS) is 20.2. The molecule has 5 N–H and O–H groups in total. The highest BCUT2D eigenvalue weighted by Gasteiger charge is 2.45. The molecule has 3 unspecified atom stereocenters. The lowest BCUT2D eigenvalue weighted by Crippen LogP contribution is -2.53. The third kappa shape index (κ3) is 6.55. The quantitative estimate of drug-likeness (QED) is 0.380. The minimum atomic E-state index is -0.877. The number of nitrogens with two attached hydrogens (primary N) is 1. The van der Waals surface area contributed by atoms with Gasteiger partial charge in [-0.3, -0.25) is 14.4 Å². The Kier molecular flexibility index (Phi) is 7.97. The first-order valence-corrected chi connectivity index (χ1v) is 13.6. The van der Waals surface area contributed by atoms with Gasteiger partial charge >= 0.3 is 6.03 Å². The molecule has 11 heteroatoms. The van der Waals surface area contributed by atoms with E-state index >= 15 is 0 Å². The zero-order valence-corrected chi connectivity index (χ0v) is 21.0. The number of thiophene rings is 1. The van der Waals surface area contributed by atoms with E-state index in [1.165, 1.54) is 16.2 Å². The average Bonchev–Trinajstić information content (AvgIpc) is 3.40. The van der Waals surface area contributed by atoms with Crippen molar-refractivity contribution >= 4 is 52.5 Å². The summed E-state index contributed by atoms with van der Waals surface area (Å²) in [6, 6.07) is 8.76. The maximum Gasteiger partial charge on any atom is 0.319 e. The molecule has 2 aliphatic rings. The van der Waals surface area contributed by atoms with Gasteiger partial charge in [-0.25, -0.2) is 4.79 Å². The molecule has 0 radical (unpaired) electrons. The summed E-state index contributed by atoms with van der Waals surface area (Å²) in [5, 5.41) is 10.3. The van der Waals surface area contributed by atoms with Crippen molar-refractivity contribution in [3.63, 3.8) is 0 Å². The van der Waals surface area contributed by atoms with Crippen LogP contribution >= 0.6 is 23.1 Å². The van der Waals surface area contributed by atoms with E-state index in [0.717, 1.165) is 22.6 Å². The first-order chi connectivity index (χ1) is 16.8. The van der Waals surface area contributed by atoms with E-state index in [1.54, 1.807) is 17.8 Å². The van der Waals surface area contributed by atoms with Crippen LogP contribution < -0.4 is 21.7 Å². The predicted octanol–water partition coefficient (Wildman–Crippen LogP) is 2.18. The largest absolute Gasteiger partial charge is 0.368 e. The number of nitrogens with zero attached hydrogens (tertiary/aromatic N) is 1. The van der Waals surface area contributed by atoms with Crippen LogP contribution in [0.5, 0.6) is 0 Å². The summed E-state index contributed by atoms with van der Waals surface area (Å²) in [4.78, 5) is 54.2. The van der Waals surface area contributed by atoms with E-state index in [-0.39, 0.29) is 24.8 Å². The lowest BCUT2D eigenvalue weighted by atomic mass is 10.1. The molecule has 3 atom stereocenters. The number of hydrogen-bond donors (Lipinski definition) is 4. The molecule has 0 spiro atoms. The number of benzene rings is 1. The van der Waals surface area contributed by atoms with Gasteiger partial charge in [-0.1, -0.05) is 12.1 Å². The Morgan fingerprint density at radius 3 is 2.66 bits per heavy atom. The number of likely N-dealkylation sites (tertiary alicyclic amines) is 1. The van der Waals surface area contributed by atoms with Crippen molar-refractivity contribution in [1.82, 2.24) is 15.5 Å². The van der Waals surface area contributed by atoms with Gasteiger partial charge in [-0.2, -0.15) is 0 Å². The second-order valence-electron chi connectivity index (χ2n) is 8.79. The Hall–Kier alpha value is -3.05. The molecule has 2 heterocycles. The number of carbonyl (C=O) groups is 4. The van der Waals surface area contributed by atoms with Crippen LogP contribution in [0.3, 0.4) is 0 Å². The van der Waals surface area contributed by atoms with Gasteiger partial charge in [0, 0.05) is 34.3 Å². The molecular weight excluding hydrogens is 486 g/mol. The van der Waals surface area contributed by atoms with Gasteiger partial charge in [0.15, 0.2) is 0 Å². The van der Waals surface area contributed by atoms with E-state index in [2.05, 4.69) is 16.0 Å². The highest BCUT2D eigenvalue weighted by atomic mass is 32.2. The van der Waals surface area contributed by atoms with Crippen molar-refractivity contribution < 1.29 is 19.2 Å². The van der Waals surface area contributed by atoms with E-state index in [9.17, 15) is 19.2 Å². The number of amides is 5. The van der Waals surface area contributed by atoms with E-state index in [1.807, 2.05) is 42.0 Å². The molecule has 2 aromatic rings. The van der Waals surface area contributed by atoms with E-state index < -0.39 is 36.0 Å². The fourth-order valence-electron chi connectivity index (χ4n) is 4.17. The maximum atomic E-state index is 13.2. The molecule has 1 saturated carbocycles. The molecular formula is C24H29N5O4S2. The topological polar surface area (TPSA) is 134 Å². The molecule has 1 aliphatic heterocycles. The Balaban J connectivity index is 1.41. The lowest BCUT2D eigenvalue weighted by Gasteiger charge is -2.25. The fraction of sp³-hybridized carbons (Fsp3) is 0.417. The summed E-state index contributed by atoms with van der Waals surface area (Å²) in [6.45, 7) is 0.234. The summed E-state index contributed by atoms with van der Waals surface area (Å²) >= 11 is 3.05. The highest BCUT2D eigenvalue weighted by molar-refractivity contribution is 7.98. The average molecular weight is 516 g/mol. The van der Waals surface area contributed by atoms with Crippen molar-refractivity contribution in [1.29, 1.82) is 0 Å². The number of nitrogens with one attached hydrogen (secondary N) is 3. The van der Waals surface area contributed by atoms with Crippen molar-refractivity contribution in [2.24, 2.45) is 11.7 Å². The molecule has 1 saturated heterocycles. The number of urea groups is 1. The molecule has 5 amide bonds. The number of thioether (sulfide) groups is 1. The first-order valence-electron chi connectivity index (χ1n) is 11.5. The number of hydrogen-bond acceptors (Lipinski definition) is 6. The fourth-order valence-corrected chi connectivity index (χ4v) is 5.38. The van der Waals surface area contributed by atoms with Gasteiger partial charge in [0.1, 0.15) is 12.1 Å². The number of primary amides is 1. The van der Waals surface area contributed by atoms with Crippen LogP contribution in [0.15, 0.2) is 46.7 Å². The Bertz CT molecular complexity index is 1090. The summed E-state index contributed by atoms with van der Waals surface area (Å²) in [5.74, 6) is -1.23. The second-order valence-corrected chi connectivity index (χ2v) is 10.7. The number of anilines is 1. The lowest BCUT2D eigenvalue weighted by molar-refractivity contribution is -0.140. The van der Waals surface area contributed by atoms with Crippen LogP contribution in [0.4, 0.5) is 10.5 Å². The van der Waals surface area contributed by atoms with Crippen LogP contribution in [-0.4, -0.2) is 59.6 Å². The summed E-state index contributed by atoms with van der Waals surface area (Å²) < 4.78 is 0. The molecule has 9 nitrogen and oxygen atoms in total. The smallest absolute Gasteiger partial charge is 0.319 e. The van der Waals surface area contributed by atoms with Gasteiger partial charge in [0.05, 0.1) is 6.04 Å². The zero-order chi connectivity index (χ0) is 24.9. The van der Waals surface area contributed by atoms with Gasteiger partial charge in [-0.05, 0) is 55.2 Å². The summed E-state index contributed by atoms with van der Waals surface area (Å²) in [7, 11) is 0. The first kappa shape index (κ1) is 25.1. The van der Waals surface area contributed by atoms with Crippen molar-refractivity contribution in [2.45, 2.75) is 48.7 Å². The molecule has 4 rings (SSSR count). The molecule has 35 heavy (non-hydrogen) atoms. The number of carbonyl (C=O) groups excluding carboxylic acids is 4. The Morgan fingerprint density at radius 1 is 1.20 bits per heavy atom. The minimum absolute atomic E-state index is 0.0785. The number of rotatable bonds is 9. The molecule has 186 valence electrons. The zero-order valence-electron chi connectivity index (χ0n) is 19.4. The van der Waals surface area contributed by atoms with Crippen LogP contribution in [0.2, 0.25) is 0 Å². The second kappa shape index (κ2) is 11.1. The molecule has 1 aromatic heterocycles. The third-order valence-corrected chi connectivity index (χ3v) is 7.75. The predicted molar refractivity (Wildman–Crippen MR) is 136 cm³/mol. The van der Waals surface area contributed by atoms with Gasteiger partial charge in [0.2, 0.25) is 17.7 Å². The van der Waals surface area contributed by atoms with Crippen LogP contribution in [0.25, 0.3) is 0 Å². The SMILES string of the molecule is CSc1cccc(NC(=O)NC2CC(C(=O)NC(Cc3cccs3)C(N)=O)N(C(=O)C3CC3)C2)c1. The van der Waals surface area contributed by atoms with E-state index in [0.29, 0.717) is 12.1 Å². The van der Waals surface area contributed by atoms with Crippen LogP contribution in [0.1, 0.15) is 24.1 Å². The minimum Gasteiger partial charge on any atom is -0.368 e. The molecule has 1 aromatic carbocycles. The van der Waals surface area contributed by atoms with Crippen LogP contribution in [-0.2, 0) is 20.8 Å². The van der Waals surface area contributed by atoms with Crippen molar-refractivity contribution in [3.8, 4) is 0 Å². The molecule has 2 fully saturated rings. The van der Waals surface area contributed by atoms with Crippen LogP contribution in [0, 0.1) is 5.92 Å². The van der Waals surface area contributed by atoms with Crippen molar-refractivity contribution in [2.75, 3.05) is 18.1 Å². The summed E-state index contributed by atoms with van der Waals surface area (Å²) in [6.07, 6.45) is 4.11. The standard InChI is InChI=1S/C24H29N5O4S2/c1-34-17-5-2-4-15(10-17)26-24(33)27-16-11-20(29(13-16)23(32)14-7-8-14)22(31)28-19(21(25)30)12-18-6-3-9-35-18/h2-6,9-10,14,16,19-20H,7-8,11-13H2,1H3,(H2,25,30)(H,28,31)(H2,26,27,33). The third-order valence-electron chi connectivity index (χ3n) is 6.12.